The maximum Gasteiger partial charge on any atom is 0.353 e. The van der Waals surface area contributed by atoms with Gasteiger partial charge in [-0.2, -0.15) is 0 Å². The molecule has 1 aromatic carbocycles. The van der Waals surface area contributed by atoms with Crippen LogP contribution >= 0.6 is 11.8 Å². The Morgan fingerprint density at radius 2 is 1.94 bits per heavy atom. The van der Waals surface area contributed by atoms with Gasteiger partial charge in [0.15, 0.2) is 0 Å². The third-order valence-corrected chi connectivity index (χ3v) is 7.94. The van der Waals surface area contributed by atoms with Crippen molar-refractivity contribution in [2.45, 2.75) is 43.7 Å². The molecule has 2 saturated heterocycles. The number of hydrogen-bond acceptors (Lipinski definition) is 7. The second-order valence-corrected chi connectivity index (χ2v) is 10.1. The molecule has 0 bridgehead atoms. The van der Waals surface area contributed by atoms with E-state index in [2.05, 4.69) is 10.6 Å². The number of benzene rings is 1. The van der Waals surface area contributed by atoms with E-state index in [9.17, 15) is 33.8 Å². The topological polar surface area (TPSA) is 156 Å². The molecule has 0 aliphatic carbocycles. The molecule has 4 rings (SSSR count). The Bertz CT molecular complexity index is 1110. The molecule has 6 atom stereocenters. The first-order valence-electron chi connectivity index (χ1n) is 10.7. The SMILES string of the molecule is CC(O)C1C(=O)N2C(C(=O)O)=C(SC3CNC(C(=O)Nc4cc(F)cc(C(=O)O)c4)C3)C(C)C12. The van der Waals surface area contributed by atoms with Crippen molar-refractivity contribution in [1.29, 1.82) is 0 Å². The lowest BCUT2D eigenvalue weighted by atomic mass is 9.79. The van der Waals surface area contributed by atoms with Gasteiger partial charge >= 0.3 is 11.9 Å². The number of carboxylic acid groups (broad SMARTS) is 2. The summed E-state index contributed by atoms with van der Waals surface area (Å²) < 4.78 is 13.7. The lowest BCUT2D eigenvalue weighted by molar-refractivity contribution is -0.163. The van der Waals surface area contributed by atoms with Crippen molar-refractivity contribution in [1.82, 2.24) is 10.2 Å². The van der Waals surface area contributed by atoms with Crippen LogP contribution in [0.5, 0.6) is 0 Å². The minimum absolute atomic E-state index is 0.0210. The highest BCUT2D eigenvalue weighted by Gasteiger charge is 2.60. The number of thioether (sulfide) groups is 1. The molecule has 12 heteroatoms. The molecule has 10 nitrogen and oxygen atoms in total. The Labute approximate surface area is 198 Å². The molecule has 3 aliphatic rings. The largest absolute Gasteiger partial charge is 0.478 e. The van der Waals surface area contributed by atoms with Crippen molar-refractivity contribution in [2.24, 2.45) is 11.8 Å². The number of rotatable bonds is 7. The molecule has 182 valence electrons. The van der Waals surface area contributed by atoms with Crippen LogP contribution in [0.25, 0.3) is 0 Å². The van der Waals surface area contributed by atoms with E-state index in [1.54, 1.807) is 0 Å². The van der Waals surface area contributed by atoms with Crippen molar-refractivity contribution < 1.29 is 38.9 Å². The molecule has 6 unspecified atom stereocenters. The van der Waals surface area contributed by atoms with Gasteiger partial charge in [-0.1, -0.05) is 6.92 Å². The van der Waals surface area contributed by atoms with E-state index in [0.717, 1.165) is 18.2 Å². The van der Waals surface area contributed by atoms with Crippen LogP contribution in [0.4, 0.5) is 10.1 Å². The summed E-state index contributed by atoms with van der Waals surface area (Å²) in [5.41, 5.74) is -0.341. The number of fused-ring (bicyclic) bond motifs is 1. The summed E-state index contributed by atoms with van der Waals surface area (Å²) >= 11 is 1.30. The molecule has 5 N–H and O–H groups in total. The minimum atomic E-state index is -1.32. The number of anilines is 1. The van der Waals surface area contributed by atoms with Gasteiger partial charge in [-0.3, -0.25) is 9.59 Å². The van der Waals surface area contributed by atoms with Crippen molar-refractivity contribution in [3.8, 4) is 0 Å². The maximum absolute atomic E-state index is 13.7. The molecule has 0 spiro atoms. The molecule has 2 fully saturated rings. The van der Waals surface area contributed by atoms with Crippen LogP contribution in [0.1, 0.15) is 30.6 Å². The second kappa shape index (κ2) is 9.01. The number of amides is 2. The highest BCUT2D eigenvalue weighted by molar-refractivity contribution is 8.03. The quantitative estimate of drug-likeness (QED) is 0.351. The zero-order valence-electron chi connectivity index (χ0n) is 18.3. The van der Waals surface area contributed by atoms with E-state index in [4.69, 9.17) is 5.11 Å². The van der Waals surface area contributed by atoms with E-state index in [1.807, 2.05) is 6.92 Å². The standard InChI is InChI=1S/C22H24FN3O7S/c1-8-16-15(9(2)27)20(29)26(16)17(22(32)33)18(8)34-13-6-14(24-7-13)19(28)25-12-4-10(21(30)31)3-11(23)5-12/h3-5,8-9,13-16,24,27H,6-7H2,1-2H3,(H,25,28)(H,30,31)(H,32,33). The normalized spacial score (nSPS) is 29.0. The average molecular weight is 494 g/mol. The van der Waals surface area contributed by atoms with Gasteiger partial charge in [0.1, 0.15) is 11.5 Å². The Morgan fingerprint density at radius 1 is 1.24 bits per heavy atom. The maximum atomic E-state index is 13.7. The third-order valence-electron chi connectivity index (χ3n) is 6.42. The molecule has 3 aliphatic heterocycles. The number of aliphatic carboxylic acids is 1. The molecule has 0 saturated carbocycles. The van der Waals surface area contributed by atoms with Crippen LogP contribution in [-0.2, 0) is 14.4 Å². The number of aliphatic hydroxyl groups is 1. The zero-order chi connectivity index (χ0) is 24.9. The zero-order valence-corrected chi connectivity index (χ0v) is 19.1. The Balaban J connectivity index is 1.44. The fourth-order valence-electron chi connectivity index (χ4n) is 4.87. The lowest BCUT2D eigenvalue weighted by Gasteiger charge is -2.46. The van der Waals surface area contributed by atoms with Crippen LogP contribution in [0, 0.1) is 17.7 Å². The predicted octanol–water partition coefficient (Wildman–Crippen LogP) is 1.08. The van der Waals surface area contributed by atoms with E-state index in [0.29, 0.717) is 17.9 Å². The summed E-state index contributed by atoms with van der Waals surface area (Å²) in [6.45, 7) is 3.74. The van der Waals surface area contributed by atoms with Crippen LogP contribution in [0.15, 0.2) is 28.8 Å². The third kappa shape index (κ3) is 4.17. The van der Waals surface area contributed by atoms with E-state index >= 15 is 0 Å². The first-order valence-corrected chi connectivity index (χ1v) is 11.6. The number of carboxylic acids is 2. The molecule has 1 aromatic rings. The van der Waals surface area contributed by atoms with E-state index < -0.39 is 53.7 Å². The Kier molecular flexibility index (Phi) is 6.40. The summed E-state index contributed by atoms with van der Waals surface area (Å²) in [6, 6.07) is 1.98. The van der Waals surface area contributed by atoms with Gasteiger partial charge in [0.25, 0.3) is 0 Å². The monoisotopic (exact) mass is 493 g/mol. The van der Waals surface area contributed by atoms with Crippen molar-refractivity contribution >= 4 is 41.2 Å². The van der Waals surface area contributed by atoms with Gasteiger partial charge in [0.05, 0.1) is 29.7 Å². The van der Waals surface area contributed by atoms with Crippen molar-refractivity contribution in [2.75, 3.05) is 11.9 Å². The van der Waals surface area contributed by atoms with Crippen LogP contribution < -0.4 is 10.6 Å². The minimum Gasteiger partial charge on any atom is -0.478 e. The molecule has 0 radical (unpaired) electrons. The number of halogens is 1. The van der Waals surface area contributed by atoms with E-state index in [1.165, 1.54) is 23.6 Å². The molecule has 0 aromatic heterocycles. The van der Waals surface area contributed by atoms with Gasteiger partial charge in [-0.25, -0.2) is 14.0 Å². The Hall–Kier alpha value is -2.96. The number of carbonyl (C=O) groups excluding carboxylic acids is 2. The van der Waals surface area contributed by atoms with Crippen LogP contribution in [-0.4, -0.2) is 74.0 Å². The summed E-state index contributed by atoms with van der Waals surface area (Å²) in [7, 11) is 0. The van der Waals surface area contributed by atoms with Crippen LogP contribution in [0.3, 0.4) is 0 Å². The summed E-state index contributed by atoms with van der Waals surface area (Å²) in [6.07, 6.45) is -0.541. The van der Waals surface area contributed by atoms with Gasteiger partial charge in [-0.15, -0.1) is 11.8 Å². The van der Waals surface area contributed by atoms with Gasteiger partial charge in [-0.05, 0) is 31.5 Å². The first kappa shape index (κ1) is 24.2. The van der Waals surface area contributed by atoms with E-state index in [-0.39, 0.29) is 28.1 Å². The highest BCUT2D eigenvalue weighted by atomic mass is 32.2. The number of aliphatic hydroxyl groups excluding tert-OH is 1. The fourth-order valence-corrected chi connectivity index (χ4v) is 6.34. The number of nitrogens with one attached hydrogen (secondary N) is 2. The number of aromatic carboxylic acids is 1. The molecule has 3 heterocycles. The van der Waals surface area contributed by atoms with Gasteiger partial charge in [0.2, 0.25) is 11.8 Å². The highest BCUT2D eigenvalue weighted by Crippen LogP contribution is 2.51. The van der Waals surface area contributed by atoms with Gasteiger partial charge < -0.3 is 30.9 Å². The number of β-lactam (4-membered cyclic amide) rings is 1. The number of hydrogen-bond donors (Lipinski definition) is 5. The molecule has 2 amide bonds. The summed E-state index contributed by atoms with van der Waals surface area (Å²) in [5, 5.41) is 34.2. The summed E-state index contributed by atoms with van der Waals surface area (Å²) in [4.78, 5) is 50.0. The lowest BCUT2D eigenvalue weighted by Crippen LogP contribution is -2.63. The molecular formula is C22H24FN3O7S. The molecular weight excluding hydrogens is 469 g/mol. The van der Waals surface area contributed by atoms with Crippen LogP contribution in [0.2, 0.25) is 0 Å². The average Bonchev–Trinajstić information content (AvgIpc) is 3.29. The Morgan fingerprint density at radius 3 is 2.56 bits per heavy atom. The number of nitrogens with zero attached hydrogens (tertiary/aromatic N) is 1. The smallest absolute Gasteiger partial charge is 0.353 e. The van der Waals surface area contributed by atoms with Crippen molar-refractivity contribution in [3.05, 3.63) is 40.2 Å². The first-order chi connectivity index (χ1) is 16.0. The fraction of sp³-hybridized carbons (Fsp3) is 0.455. The van der Waals surface area contributed by atoms with Crippen molar-refractivity contribution in [3.63, 3.8) is 0 Å². The van der Waals surface area contributed by atoms with Gasteiger partial charge in [0, 0.05) is 28.3 Å². The summed E-state index contributed by atoms with van der Waals surface area (Å²) in [5.74, 6) is -5.12. The second-order valence-electron chi connectivity index (χ2n) is 8.73. The number of carbonyl (C=O) groups is 4. The molecule has 34 heavy (non-hydrogen) atoms. The predicted molar refractivity (Wildman–Crippen MR) is 119 cm³/mol.